The monoisotopic (exact) mass is 271 g/mol. The SMILES string of the molecule is CC1(O)C(O)=C(CO)O[C@H]1n1ccc(NO)nc1=O. The molecule has 0 saturated carbocycles. The molecule has 0 amide bonds. The minimum Gasteiger partial charge on any atom is -0.506 e. The second kappa shape index (κ2) is 4.53. The summed E-state index contributed by atoms with van der Waals surface area (Å²) in [5.41, 5.74) is -0.979. The number of ether oxygens (including phenoxy) is 1. The van der Waals surface area contributed by atoms with Crippen molar-refractivity contribution in [2.75, 3.05) is 12.1 Å². The van der Waals surface area contributed by atoms with Crippen molar-refractivity contribution in [1.29, 1.82) is 0 Å². The molecule has 5 N–H and O–H groups in total. The Hall–Kier alpha value is -2.10. The van der Waals surface area contributed by atoms with Crippen molar-refractivity contribution in [2.45, 2.75) is 18.8 Å². The van der Waals surface area contributed by atoms with E-state index in [-0.39, 0.29) is 11.6 Å². The van der Waals surface area contributed by atoms with Gasteiger partial charge in [-0.05, 0) is 13.0 Å². The molecule has 0 aromatic carbocycles. The zero-order chi connectivity index (χ0) is 14.2. The Kier molecular flexibility index (Phi) is 3.18. The average molecular weight is 271 g/mol. The van der Waals surface area contributed by atoms with Crippen LogP contribution in [0, 0.1) is 0 Å². The first kappa shape index (κ1) is 13.3. The van der Waals surface area contributed by atoms with E-state index in [1.54, 1.807) is 5.48 Å². The number of hydrogen-bond acceptors (Lipinski definition) is 8. The Morgan fingerprint density at radius 2 is 2.32 bits per heavy atom. The lowest BCUT2D eigenvalue weighted by atomic mass is 10.0. The summed E-state index contributed by atoms with van der Waals surface area (Å²) in [4.78, 5) is 15.2. The maximum Gasteiger partial charge on any atom is 0.352 e. The predicted octanol–water partition coefficient (Wildman–Crippen LogP) is -0.914. The van der Waals surface area contributed by atoms with Crippen molar-refractivity contribution in [1.82, 2.24) is 9.55 Å². The van der Waals surface area contributed by atoms with Crippen LogP contribution in [0.4, 0.5) is 5.82 Å². The smallest absolute Gasteiger partial charge is 0.352 e. The third kappa shape index (κ3) is 2.03. The van der Waals surface area contributed by atoms with Crippen LogP contribution >= 0.6 is 0 Å². The number of aliphatic hydroxyl groups excluding tert-OH is 2. The number of aromatic nitrogens is 2. The normalized spacial score (nSPS) is 26.4. The Bertz CT molecular complexity index is 579. The lowest BCUT2D eigenvalue weighted by Crippen LogP contribution is -2.40. The van der Waals surface area contributed by atoms with E-state index in [0.717, 1.165) is 4.57 Å². The van der Waals surface area contributed by atoms with Crippen LogP contribution in [-0.4, -0.2) is 42.3 Å². The van der Waals surface area contributed by atoms with E-state index in [0.29, 0.717) is 0 Å². The molecule has 2 atom stereocenters. The van der Waals surface area contributed by atoms with Crippen molar-refractivity contribution in [3.8, 4) is 0 Å². The average Bonchev–Trinajstić information content (AvgIpc) is 2.61. The van der Waals surface area contributed by atoms with Crippen molar-refractivity contribution in [2.24, 2.45) is 0 Å². The number of rotatable bonds is 3. The zero-order valence-corrected chi connectivity index (χ0v) is 9.94. The van der Waals surface area contributed by atoms with Crippen molar-refractivity contribution in [3.63, 3.8) is 0 Å². The van der Waals surface area contributed by atoms with Crippen LogP contribution < -0.4 is 11.2 Å². The fourth-order valence-electron chi connectivity index (χ4n) is 1.80. The lowest BCUT2D eigenvalue weighted by molar-refractivity contribution is -0.0784. The molecule has 2 heterocycles. The number of nitrogens with zero attached hydrogens (tertiary/aromatic N) is 2. The first-order chi connectivity index (χ1) is 8.91. The predicted molar refractivity (Wildman–Crippen MR) is 61.4 cm³/mol. The Morgan fingerprint density at radius 3 is 2.79 bits per heavy atom. The van der Waals surface area contributed by atoms with Crippen LogP contribution in [-0.2, 0) is 4.74 Å². The van der Waals surface area contributed by atoms with Gasteiger partial charge in [0, 0.05) is 6.20 Å². The van der Waals surface area contributed by atoms with Gasteiger partial charge in [0.05, 0.1) is 0 Å². The fourth-order valence-corrected chi connectivity index (χ4v) is 1.80. The van der Waals surface area contributed by atoms with Crippen LogP contribution in [0.15, 0.2) is 28.6 Å². The van der Waals surface area contributed by atoms with E-state index >= 15 is 0 Å². The molecule has 0 fully saturated rings. The molecule has 1 aliphatic heterocycles. The van der Waals surface area contributed by atoms with Gasteiger partial charge in [0.1, 0.15) is 6.61 Å². The summed E-state index contributed by atoms with van der Waals surface area (Å²) in [6.07, 6.45) is -0.0388. The molecule has 0 saturated heterocycles. The van der Waals surface area contributed by atoms with Crippen molar-refractivity contribution in [3.05, 3.63) is 34.3 Å². The molecule has 0 radical (unpaired) electrons. The quantitative estimate of drug-likeness (QED) is 0.445. The zero-order valence-electron chi connectivity index (χ0n) is 9.94. The molecule has 1 unspecified atom stereocenters. The van der Waals surface area contributed by atoms with Crippen LogP contribution in [0.2, 0.25) is 0 Å². The van der Waals surface area contributed by atoms with Gasteiger partial charge in [0.25, 0.3) is 0 Å². The highest BCUT2D eigenvalue weighted by Gasteiger charge is 2.48. The highest BCUT2D eigenvalue weighted by atomic mass is 16.6. The molecule has 1 aliphatic rings. The van der Waals surface area contributed by atoms with Crippen molar-refractivity contribution >= 4 is 5.82 Å². The summed E-state index contributed by atoms with van der Waals surface area (Å²) in [5.74, 6) is -0.832. The summed E-state index contributed by atoms with van der Waals surface area (Å²) in [6.45, 7) is 0.622. The molecule has 19 heavy (non-hydrogen) atoms. The van der Waals surface area contributed by atoms with Gasteiger partial charge >= 0.3 is 5.69 Å². The van der Waals surface area contributed by atoms with E-state index in [4.69, 9.17) is 15.1 Å². The first-order valence-corrected chi connectivity index (χ1v) is 5.33. The third-order valence-corrected chi connectivity index (χ3v) is 2.82. The Labute approximate surface area is 107 Å². The van der Waals surface area contributed by atoms with Crippen LogP contribution in [0.3, 0.4) is 0 Å². The van der Waals surface area contributed by atoms with Gasteiger partial charge < -0.3 is 20.1 Å². The second-order valence-electron chi connectivity index (χ2n) is 4.16. The number of hydrogen-bond donors (Lipinski definition) is 5. The van der Waals surface area contributed by atoms with Crippen molar-refractivity contribution < 1.29 is 25.3 Å². The van der Waals surface area contributed by atoms with E-state index in [1.165, 1.54) is 19.2 Å². The van der Waals surface area contributed by atoms with E-state index in [1.807, 2.05) is 0 Å². The molecular weight excluding hydrogens is 258 g/mol. The number of aliphatic hydroxyl groups is 3. The number of nitrogens with one attached hydrogen (secondary N) is 1. The Balaban J connectivity index is 2.43. The molecule has 1 aromatic rings. The lowest BCUT2D eigenvalue weighted by Gasteiger charge is -2.25. The maximum absolute atomic E-state index is 11.7. The van der Waals surface area contributed by atoms with Crippen LogP contribution in [0.5, 0.6) is 0 Å². The topological polar surface area (TPSA) is 137 Å². The molecule has 0 bridgehead atoms. The minimum atomic E-state index is -1.88. The van der Waals surface area contributed by atoms with Gasteiger partial charge in [-0.15, -0.1) is 0 Å². The first-order valence-electron chi connectivity index (χ1n) is 5.33. The highest BCUT2D eigenvalue weighted by Crippen LogP contribution is 2.38. The summed E-state index contributed by atoms with van der Waals surface area (Å²) >= 11 is 0. The summed E-state index contributed by atoms with van der Waals surface area (Å²) in [7, 11) is 0. The van der Waals surface area contributed by atoms with Gasteiger partial charge in [-0.25, -0.2) is 4.79 Å². The molecule has 1 aromatic heterocycles. The Morgan fingerprint density at radius 1 is 1.63 bits per heavy atom. The maximum atomic E-state index is 11.7. The minimum absolute atomic E-state index is 0.0709. The summed E-state index contributed by atoms with van der Waals surface area (Å²) in [6, 6.07) is 1.27. The molecule has 2 rings (SSSR count). The molecule has 9 heteroatoms. The third-order valence-electron chi connectivity index (χ3n) is 2.82. The van der Waals surface area contributed by atoms with Gasteiger partial charge in [-0.3, -0.25) is 15.3 Å². The van der Waals surface area contributed by atoms with Gasteiger partial charge in [0.2, 0.25) is 6.23 Å². The molecule has 0 aliphatic carbocycles. The van der Waals surface area contributed by atoms with Gasteiger partial charge in [-0.2, -0.15) is 4.98 Å². The van der Waals surface area contributed by atoms with E-state index < -0.39 is 29.9 Å². The summed E-state index contributed by atoms with van der Waals surface area (Å²) < 4.78 is 6.08. The molecular formula is C10H13N3O6. The standard InChI is InChI=1S/C10H13N3O6/c1-10(17)7(15)5(4-14)19-8(10)13-3-2-6(12-18)11-9(13)16/h2-3,8,14-15,17-18H,4H2,1H3,(H,11,12,16)/t8-,10?/m1/s1. The summed E-state index contributed by atoms with van der Waals surface area (Å²) in [5, 5.41) is 37.4. The van der Waals surface area contributed by atoms with E-state index in [9.17, 15) is 15.0 Å². The molecule has 0 spiro atoms. The van der Waals surface area contributed by atoms with Gasteiger partial charge in [0.15, 0.2) is 22.9 Å². The fraction of sp³-hybridized carbons (Fsp3) is 0.400. The highest BCUT2D eigenvalue weighted by molar-refractivity contribution is 5.29. The molecule has 104 valence electrons. The largest absolute Gasteiger partial charge is 0.506 e. The number of anilines is 1. The van der Waals surface area contributed by atoms with Crippen LogP contribution in [0.1, 0.15) is 13.2 Å². The second-order valence-corrected chi connectivity index (χ2v) is 4.16. The van der Waals surface area contributed by atoms with E-state index in [2.05, 4.69) is 4.98 Å². The molecule has 9 nitrogen and oxygen atoms in total. The van der Waals surface area contributed by atoms with Gasteiger partial charge in [-0.1, -0.05) is 0 Å². The van der Waals surface area contributed by atoms with Crippen LogP contribution in [0.25, 0.3) is 0 Å².